The van der Waals surface area contributed by atoms with Gasteiger partial charge in [-0.2, -0.15) is 0 Å². The largest absolute Gasteiger partial charge is 0.438 e. The molecular formula is C15H26O3. The maximum absolute atomic E-state index is 11.6. The zero-order valence-corrected chi connectivity index (χ0v) is 12.1. The van der Waals surface area contributed by atoms with Crippen molar-refractivity contribution >= 4 is 5.97 Å². The summed E-state index contributed by atoms with van der Waals surface area (Å²) in [6.45, 7) is 8.59. The van der Waals surface area contributed by atoms with Crippen molar-refractivity contribution in [2.45, 2.75) is 59.5 Å². The van der Waals surface area contributed by atoms with E-state index < -0.39 is 0 Å². The zero-order chi connectivity index (χ0) is 13.3. The molecule has 3 nitrogen and oxygen atoms in total. The van der Waals surface area contributed by atoms with Gasteiger partial charge in [-0.05, 0) is 42.9 Å². The minimum absolute atomic E-state index is 0.0263. The fourth-order valence-electron chi connectivity index (χ4n) is 3.63. The molecule has 0 aromatic rings. The van der Waals surface area contributed by atoms with Crippen LogP contribution >= 0.6 is 0 Å². The Kier molecular flexibility index (Phi) is 4.00. The van der Waals surface area contributed by atoms with Gasteiger partial charge in [0.2, 0.25) is 0 Å². The third kappa shape index (κ3) is 2.42. The summed E-state index contributed by atoms with van der Waals surface area (Å²) in [5.74, 6) is 1.30. The molecule has 2 fully saturated rings. The molecular weight excluding hydrogens is 228 g/mol. The van der Waals surface area contributed by atoms with Crippen LogP contribution in [0.2, 0.25) is 0 Å². The summed E-state index contributed by atoms with van der Waals surface area (Å²) in [5.41, 5.74) is 0.242. The predicted molar refractivity (Wildman–Crippen MR) is 69.9 cm³/mol. The number of ether oxygens (including phenoxy) is 2. The molecule has 0 aliphatic heterocycles. The topological polar surface area (TPSA) is 35.5 Å². The standard InChI is InChI=1S/C15H26O3/c1-5-10(2)14(16)18-9-17-13-11-6-7-12(8-11)15(13,3)4/h10-13H,5-9H2,1-4H3. The van der Waals surface area contributed by atoms with Crippen molar-refractivity contribution in [3.05, 3.63) is 0 Å². The quantitative estimate of drug-likeness (QED) is 0.557. The van der Waals surface area contributed by atoms with E-state index in [2.05, 4.69) is 13.8 Å². The van der Waals surface area contributed by atoms with E-state index in [1.165, 1.54) is 19.3 Å². The highest BCUT2D eigenvalue weighted by atomic mass is 16.7. The first-order chi connectivity index (χ1) is 8.46. The first-order valence-corrected chi connectivity index (χ1v) is 7.25. The van der Waals surface area contributed by atoms with Crippen molar-refractivity contribution in [3.63, 3.8) is 0 Å². The van der Waals surface area contributed by atoms with E-state index in [4.69, 9.17) is 9.47 Å². The highest BCUT2D eigenvalue weighted by Crippen LogP contribution is 2.56. The molecule has 3 heteroatoms. The van der Waals surface area contributed by atoms with Gasteiger partial charge < -0.3 is 9.47 Å². The Morgan fingerprint density at radius 1 is 1.39 bits per heavy atom. The van der Waals surface area contributed by atoms with Crippen LogP contribution in [0.1, 0.15) is 53.4 Å². The summed E-state index contributed by atoms with van der Waals surface area (Å²) in [4.78, 5) is 11.6. The summed E-state index contributed by atoms with van der Waals surface area (Å²) < 4.78 is 11.1. The van der Waals surface area contributed by atoms with Gasteiger partial charge in [0.1, 0.15) is 0 Å². The first-order valence-electron chi connectivity index (χ1n) is 7.25. The van der Waals surface area contributed by atoms with E-state index in [1.54, 1.807) is 0 Å². The minimum Gasteiger partial charge on any atom is -0.438 e. The lowest BCUT2D eigenvalue weighted by molar-refractivity contribution is -0.175. The van der Waals surface area contributed by atoms with Crippen molar-refractivity contribution in [3.8, 4) is 0 Å². The maximum atomic E-state index is 11.6. The number of fused-ring (bicyclic) bond motifs is 2. The van der Waals surface area contributed by atoms with E-state index >= 15 is 0 Å². The number of hydrogen-bond acceptors (Lipinski definition) is 3. The summed E-state index contributed by atoms with van der Waals surface area (Å²) >= 11 is 0. The van der Waals surface area contributed by atoms with Gasteiger partial charge in [0.15, 0.2) is 6.79 Å². The van der Waals surface area contributed by atoms with Gasteiger partial charge in [-0.1, -0.05) is 27.7 Å². The number of carbonyl (C=O) groups is 1. The Balaban J connectivity index is 1.79. The van der Waals surface area contributed by atoms with Gasteiger partial charge in [-0.25, -0.2) is 0 Å². The maximum Gasteiger partial charge on any atom is 0.310 e. The first kappa shape index (κ1) is 13.9. The lowest BCUT2D eigenvalue weighted by Crippen LogP contribution is -2.38. The Hall–Kier alpha value is -0.570. The summed E-state index contributed by atoms with van der Waals surface area (Å²) in [6.07, 6.45) is 4.98. The van der Waals surface area contributed by atoms with Crippen molar-refractivity contribution in [2.24, 2.45) is 23.2 Å². The van der Waals surface area contributed by atoms with Crippen LogP contribution in [-0.4, -0.2) is 18.9 Å². The highest BCUT2D eigenvalue weighted by molar-refractivity contribution is 5.71. The van der Waals surface area contributed by atoms with Crippen LogP contribution in [0, 0.1) is 23.2 Å². The molecule has 0 saturated heterocycles. The van der Waals surface area contributed by atoms with Crippen LogP contribution < -0.4 is 0 Å². The molecule has 2 aliphatic carbocycles. The lowest BCUT2D eigenvalue weighted by atomic mass is 9.74. The molecule has 0 radical (unpaired) electrons. The molecule has 0 aromatic heterocycles. The van der Waals surface area contributed by atoms with Gasteiger partial charge in [0.05, 0.1) is 12.0 Å². The van der Waals surface area contributed by atoms with Crippen LogP contribution in [0.15, 0.2) is 0 Å². The highest BCUT2D eigenvalue weighted by Gasteiger charge is 2.53. The average molecular weight is 254 g/mol. The van der Waals surface area contributed by atoms with Gasteiger partial charge in [0.25, 0.3) is 0 Å². The molecule has 0 aromatic carbocycles. The van der Waals surface area contributed by atoms with Crippen LogP contribution in [0.4, 0.5) is 0 Å². The number of carbonyl (C=O) groups excluding carboxylic acids is 1. The molecule has 0 amide bonds. The van der Waals surface area contributed by atoms with Gasteiger partial charge in [-0.15, -0.1) is 0 Å². The molecule has 0 spiro atoms. The Morgan fingerprint density at radius 2 is 2.11 bits per heavy atom. The van der Waals surface area contributed by atoms with Crippen molar-refractivity contribution in [1.82, 2.24) is 0 Å². The monoisotopic (exact) mass is 254 g/mol. The molecule has 2 rings (SSSR count). The van der Waals surface area contributed by atoms with E-state index in [0.717, 1.165) is 12.3 Å². The Bertz CT molecular complexity index is 311. The summed E-state index contributed by atoms with van der Waals surface area (Å²) in [6, 6.07) is 0. The van der Waals surface area contributed by atoms with Gasteiger partial charge >= 0.3 is 5.97 Å². The van der Waals surface area contributed by atoms with Crippen LogP contribution in [0.25, 0.3) is 0 Å². The number of hydrogen-bond donors (Lipinski definition) is 0. The second-order valence-electron chi connectivity index (χ2n) is 6.57. The van der Waals surface area contributed by atoms with E-state index in [-0.39, 0.29) is 30.2 Å². The van der Waals surface area contributed by atoms with Crippen molar-refractivity contribution in [2.75, 3.05) is 6.79 Å². The molecule has 0 N–H and O–H groups in total. The van der Waals surface area contributed by atoms with Crippen molar-refractivity contribution < 1.29 is 14.3 Å². The van der Waals surface area contributed by atoms with E-state index in [9.17, 15) is 4.79 Å². The fraction of sp³-hybridized carbons (Fsp3) is 0.933. The molecule has 2 saturated carbocycles. The van der Waals surface area contributed by atoms with Crippen LogP contribution in [-0.2, 0) is 14.3 Å². The van der Waals surface area contributed by atoms with Gasteiger partial charge in [-0.3, -0.25) is 4.79 Å². The predicted octanol–water partition coefficient (Wildman–Crippen LogP) is 3.37. The van der Waals surface area contributed by atoms with E-state index in [1.807, 2.05) is 13.8 Å². The molecule has 4 unspecified atom stereocenters. The SMILES string of the molecule is CCC(C)C(=O)OCOC1C2CCC(C2)C1(C)C. The smallest absolute Gasteiger partial charge is 0.310 e. The second-order valence-corrected chi connectivity index (χ2v) is 6.57. The second kappa shape index (κ2) is 5.20. The molecule has 4 atom stereocenters. The molecule has 0 heterocycles. The van der Waals surface area contributed by atoms with E-state index in [0.29, 0.717) is 5.92 Å². The fourth-order valence-corrected chi connectivity index (χ4v) is 3.63. The summed E-state index contributed by atoms with van der Waals surface area (Å²) in [7, 11) is 0. The lowest BCUT2D eigenvalue weighted by Gasteiger charge is -2.37. The van der Waals surface area contributed by atoms with Crippen LogP contribution in [0.5, 0.6) is 0 Å². The van der Waals surface area contributed by atoms with Crippen molar-refractivity contribution in [1.29, 1.82) is 0 Å². The van der Waals surface area contributed by atoms with Crippen LogP contribution in [0.3, 0.4) is 0 Å². The minimum atomic E-state index is -0.140. The Labute approximate surface area is 110 Å². The third-order valence-electron chi connectivity index (χ3n) is 5.15. The molecule has 104 valence electrons. The zero-order valence-electron chi connectivity index (χ0n) is 12.1. The molecule has 2 aliphatic rings. The summed E-state index contributed by atoms with van der Waals surface area (Å²) in [5, 5.41) is 0. The number of rotatable bonds is 5. The normalized spacial score (nSPS) is 34.6. The molecule has 2 bridgehead atoms. The number of esters is 1. The average Bonchev–Trinajstić information content (AvgIpc) is 2.89. The third-order valence-corrected chi connectivity index (χ3v) is 5.15. The van der Waals surface area contributed by atoms with Gasteiger partial charge in [0, 0.05) is 0 Å². The Morgan fingerprint density at radius 3 is 2.67 bits per heavy atom. The molecule has 18 heavy (non-hydrogen) atoms.